The highest BCUT2D eigenvalue weighted by molar-refractivity contribution is 7.21. The molecule has 0 radical (unpaired) electrons. The molecule has 190 valence electrons. The van der Waals surface area contributed by atoms with E-state index < -0.39 is 23.8 Å². The predicted octanol–water partition coefficient (Wildman–Crippen LogP) is 5.86. The maximum absolute atomic E-state index is 13.3. The van der Waals surface area contributed by atoms with E-state index in [1.165, 1.54) is 23.5 Å². The van der Waals surface area contributed by atoms with Crippen molar-refractivity contribution in [2.45, 2.75) is 25.0 Å². The van der Waals surface area contributed by atoms with Crippen molar-refractivity contribution in [1.82, 2.24) is 10.2 Å². The molecule has 1 aliphatic rings. The number of nitrogens with zero attached hydrogens (tertiary/aromatic N) is 1. The Labute approximate surface area is 223 Å². The van der Waals surface area contributed by atoms with Crippen LogP contribution in [0.15, 0.2) is 72.8 Å². The number of halogens is 2. The van der Waals surface area contributed by atoms with Gasteiger partial charge in [0.15, 0.2) is 0 Å². The molecule has 3 aromatic carbocycles. The number of aliphatic hydroxyl groups is 1. The maximum Gasteiger partial charge on any atom is 0.293 e. The first-order chi connectivity index (χ1) is 17.9. The third-order valence-electron chi connectivity index (χ3n) is 6.69. The van der Waals surface area contributed by atoms with Crippen LogP contribution in [0.2, 0.25) is 5.02 Å². The lowest BCUT2D eigenvalue weighted by molar-refractivity contribution is -0.118. The van der Waals surface area contributed by atoms with Crippen LogP contribution in [0.4, 0.5) is 4.39 Å². The van der Waals surface area contributed by atoms with E-state index in [0.29, 0.717) is 22.0 Å². The number of hydrogen-bond donors (Lipinski definition) is 2. The number of benzene rings is 3. The van der Waals surface area contributed by atoms with E-state index in [2.05, 4.69) is 10.2 Å². The van der Waals surface area contributed by atoms with Crippen LogP contribution in [-0.4, -0.2) is 47.4 Å². The normalized spacial score (nSPS) is 15.5. The van der Waals surface area contributed by atoms with E-state index in [1.54, 1.807) is 42.5 Å². The summed E-state index contributed by atoms with van der Waals surface area (Å²) >= 11 is 7.28. The lowest BCUT2D eigenvalue weighted by atomic mass is 9.98. The molecule has 4 aromatic rings. The number of aliphatic hydroxyl groups excluding tert-OH is 1. The van der Waals surface area contributed by atoms with Gasteiger partial charge in [-0.3, -0.25) is 9.59 Å². The zero-order valence-corrected chi connectivity index (χ0v) is 21.6. The van der Waals surface area contributed by atoms with Gasteiger partial charge in [-0.25, -0.2) is 4.39 Å². The molecule has 0 spiro atoms. The fraction of sp³-hybridized carbons (Fsp3) is 0.241. The topological polar surface area (TPSA) is 69.6 Å². The SMILES string of the molecule is O=C(NC(CN1CCCC1)C(O)c1ccc(-c2ccc(F)cc2)cc1)C(=O)c1cc2ccc(Cl)cc2s1. The lowest BCUT2D eigenvalue weighted by Crippen LogP contribution is -2.48. The van der Waals surface area contributed by atoms with Gasteiger partial charge in [-0.15, -0.1) is 11.3 Å². The summed E-state index contributed by atoms with van der Waals surface area (Å²) in [5.74, 6) is -1.68. The van der Waals surface area contributed by atoms with E-state index in [4.69, 9.17) is 11.6 Å². The second-order valence-corrected chi connectivity index (χ2v) is 10.8. The molecule has 0 bridgehead atoms. The van der Waals surface area contributed by atoms with E-state index in [9.17, 15) is 19.1 Å². The summed E-state index contributed by atoms with van der Waals surface area (Å²) in [7, 11) is 0. The standard InChI is InChI=1S/C29H26ClFN2O3S/c30-22-10-7-21-15-26(37-25(21)16-22)28(35)29(36)32-24(17-33-13-1-2-14-33)27(34)20-5-3-18(4-6-20)19-8-11-23(31)12-9-19/h3-12,15-16,24,27,34H,1-2,13-14,17H2,(H,32,36). The van der Waals surface area contributed by atoms with Gasteiger partial charge in [-0.05, 0) is 78.3 Å². The van der Waals surface area contributed by atoms with Gasteiger partial charge in [0.2, 0.25) is 0 Å². The molecular formula is C29H26ClFN2O3S. The van der Waals surface area contributed by atoms with Crippen LogP contribution in [0.1, 0.15) is 34.2 Å². The third kappa shape index (κ3) is 5.91. The molecule has 8 heteroatoms. The zero-order chi connectivity index (χ0) is 25.9. The molecule has 1 saturated heterocycles. The van der Waals surface area contributed by atoms with Crippen molar-refractivity contribution in [3.05, 3.63) is 94.1 Å². The molecule has 0 aliphatic carbocycles. The van der Waals surface area contributed by atoms with E-state index in [0.717, 1.165) is 47.1 Å². The summed E-state index contributed by atoms with van der Waals surface area (Å²) in [5.41, 5.74) is 2.37. The maximum atomic E-state index is 13.3. The van der Waals surface area contributed by atoms with Crippen molar-refractivity contribution in [2.75, 3.05) is 19.6 Å². The van der Waals surface area contributed by atoms with E-state index in [-0.39, 0.29) is 5.82 Å². The van der Waals surface area contributed by atoms with E-state index in [1.807, 2.05) is 18.2 Å². The number of hydrogen-bond acceptors (Lipinski definition) is 5. The van der Waals surface area contributed by atoms with Crippen LogP contribution in [0, 0.1) is 5.82 Å². The van der Waals surface area contributed by atoms with Crippen LogP contribution in [0.25, 0.3) is 21.2 Å². The summed E-state index contributed by atoms with van der Waals surface area (Å²) < 4.78 is 14.1. The van der Waals surface area contributed by atoms with Gasteiger partial charge in [0.1, 0.15) is 11.9 Å². The van der Waals surface area contributed by atoms with Gasteiger partial charge in [0.25, 0.3) is 11.7 Å². The lowest BCUT2D eigenvalue weighted by Gasteiger charge is -2.28. The molecule has 2 N–H and O–H groups in total. The molecule has 5 rings (SSSR count). The molecule has 0 saturated carbocycles. The Morgan fingerprint density at radius 3 is 2.30 bits per heavy atom. The first-order valence-electron chi connectivity index (χ1n) is 12.2. The van der Waals surface area contributed by atoms with Crippen LogP contribution < -0.4 is 5.32 Å². The second-order valence-electron chi connectivity index (χ2n) is 9.28. The van der Waals surface area contributed by atoms with Crippen molar-refractivity contribution in [3.63, 3.8) is 0 Å². The van der Waals surface area contributed by atoms with Gasteiger partial charge in [-0.2, -0.15) is 0 Å². The number of fused-ring (bicyclic) bond motifs is 1. The minimum absolute atomic E-state index is 0.301. The summed E-state index contributed by atoms with van der Waals surface area (Å²) in [6.45, 7) is 2.20. The number of nitrogens with one attached hydrogen (secondary N) is 1. The first kappa shape index (κ1) is 25.5. The summed E-state index contributed by atoms with van der Waals surface area (Å²) in [6.07, 6.45) is 1.11. The number of carbonyl (C=O) groups excluding carboxylic acids is 2. The van der Waals surface area contributed by atoms with Gasteiger partial charge in [0.05, 0.1) is 10.9 Å². The Bertz CT molecular complexity index is 1420. The molecule has 2 heterocycles. The van der Waals surface area contributed by atoms with Gasteiger partial charge in [0, 0.05) is 16.3 Å². The third-order valence-corrected chi connectivity index (χ3v) is 8.02. The highest BCUT2D eigenvalue weighted by Gasteiger charge is 2.29. The Morgan fingerprint density at radius 1 is 0.973 bits per heavy atom. The Balaban J connectivity index is 1.34. The largest absolute Gasteiger partial charge is 0.386 e. The highest BCUT2D eigenvalue weighted by atomic mass is 35.5. The van der Waals surface area contributed by atoms with Crippen LogP contribution in [0.3, 0.4) is 0 Å². The summed E-state index contributed by atoms with van der Waals surface area (Å²) in [4.78, 5) is 28.5. The molecule has 1 amide bonds. The van der Waals surface area contributed by atoms with Crippen molar-refractivity contribution < 1.29 is 19.1 Å². The van der Waals surface area contributed by atoms with Gasteiger partial charge >= 0.3 is 0 Å². The Kier molecular flexibility index (Phi) is 7.67. The minimum atomic E-state index is -1.01. The van der Waals surface area contributed by atoms with E-state index >= 15 is 0 Å². The van der Waals surface area contributed by atoms with Crippen LogP contribution in [-0.2, 0) is 4.79 Å². The quantitative estimate of drug-likeness (QED) is 0.219. The van der Waals surface area contributed by atoms with Crippen molar-refractivity contribution in [3.8, 4) is 11.1 Å². The zero-order valence-electron chi connectivity index (χ0n) is 20.0. The average molecular weight is 537 g/mol. The predicted molar refractivity (Wildman–Crippen MR) is 146 cm³/mol. The first-order valence-corrected chi connectivity index (χ1v) is 13.4. The number of carbonyl (C=O) groups is 2. The molecule has 2 unspecified atom stereocenters. The second kappa shape index (κ2) is 11.1. The number of thiophene rings is 1. The Morgan fingerprint density at radius 2 is 1.62 bits per heavy atom. The summed E-state index contributed by atoms with van der Waals surface area (Å²) in [6, 6.07) is 19.9. The van der Waals surface area contributed by atoms with Crippen molar-refractivity contribution >= 4 is 44.7 Å². The number of ketones is 1. The van der Waals surface area contributed by atoms with Crippen LogP contribution >= 0.6 is 22.9 Å². The number of Topliss-reactive ketones (excluding diaryl/α,β-unsaturated/α-hetero) is 1. The smallest absolute Gasteiger partial charge is 0.293 e. The highest BCUT2D eigenvalue weighted by Crippen LogP contribution is 2.29. The number of amides is 1. The molecule has 1 fully saturated rings. The molecule has 1 aromatic heterocycles. The fourth-order valence-corrected chi connectivity index (χ4v) is 5.95. The molecule has 5 nitrogen and oxygen atoms in total. The van der Waals surface area contributed by atoms with Gasteiger partial charge in [-0.1, -0.05) is 54.1 Å². The molecule has 1 aliphatic heterocycles. The number of likely N-dealkylation sites (tertiary alicyclic amines) is 1. The molecule has 2 atom stereocenters. The summed E-state index contributed by atoms with van der Waals surface area (Å²) in [5, 5.41) is 15.5. The minimum Gasteiger partial charge on any atom is -0.386 e. The molecular weight excluding hydrogens is 511 g/mol. The number of rotatable bonds is 8. The van der Waals surface area contributed by atoms with Crippen molar-refractivity contribution in [1.29, 1.82) is 0 Å². The van der Waals surface area contributed by atoms with Crippen LogP contribution in [0.5, 0.6) is 0 Å². The average Bonchev–Trinajstić information content (AvgIpc) is 3.57. The molecule has 37 heavy (non-hydrogen) atoms. The Hall–Kier alpha value is -3.10. The fourth-order valence-electron chi connectivity index (χ4n) is 4.68. The van der Waals surface area contributed by atoms with Gasteiger partial charge < -0.3 is 15.3 Å². The van der Waals surface area contributed by atoms with Crippen molar-refractivity contribution in [2.24, 2.45) is 0 Å². The monoisotopic (exact) mass is 536 g/mol.